The molecule has 1 amide bonds. The Morgan fingerprint density at radius 3 is 3.05 bits per heavy atom. The summed E-state index contributed by atoms with van der Waals surface area (Å²) in [4.78, 5) is 25.2. The summed E-state index contributed by atoms with van der Waals surface area (Å²) in [6, 6.07) is 3.12. The van der Waals surface area contributed by atoms with Crippen molar-refractivity contribution in [2.75, 3.05) is 33.5 Å². The maximum atomic E-state index is 12.7. The molecule has 7 heteroatoms. The average molecular weight is 296 g/mol. The number of ether oxygens (including phenoxy) is 2. The zero-order chi connectivity index (χ0) is 15.2. The van der Waals surface area contributed by atoms with Crippen LogP contribution in [0.25, 0.3) is 0 Å². The van der Waals surface area contributed by atoms with Gasteiger partial charge >= 0.3 is 5.97 Å². The van der Waals surface area contributed by atoms with E-state index in [1.54, 1.807) is 24.1 Å². The van der Waals surface area contributed by atoms with Crippen molar-refractivity contribution in [1.82, 2.24) is 9.47 Å². The van der Waals surface area contributed by atoms with Gasteiger partial charge < -0.3 is 24.0 Å². The smallest absolute Gasteiger partial charge is 0.305 e. The van der Waals surface area contributed by atoms with Gasteiger partial charge in [0.1, 0.15) is 5.69 Å². The van der Waals surface area contributed by atoms with Crippen molar-refractivity contribution in [2.45, 2.75) is 19.0 Å². The van der Waals surface area contributed by atoms with Gasteiger partial charge in [0.25, 0.3) is 5.91 Å². The Bertz CT molecular complexity index is 499. The number of carboxylic acids is 1. The molecule has 1 N–H and O–H groups in total. The molecule has 0 aromatic carbocycles. The lowest BCUT2D eigenvalue weighted by Gasteiger charge is -2.35. The van der Waals surface area contributed by atoms with Crippen LogP contribution < -0.4 is 0 Å². The molecule has 116 valence electrons. The van der Waals surface area contributed by atoms with Gasteiger partial charge in [-0.2, -0.15) is 0 Å². The molecule has 21 heavy (non-hydrogen) atoms. The first-order chi connectivity index (χ1) is 10.1. The minimum absolute atomic E-state index is 0.107. The van der Waals surface area contributed by atoms with Crippen LogP contribution in [0, 0.1) is 0 Å². The SMILES string of the molecule is COCCn1cccc1C(=O)N1CCOCC1CC(=O)O. The Balaban J connectivity index is 2.13. The van der Waals surface area contributed by atoms with Crippen LogP contribution >= 0.6 is 0 Å². The zero-order valence-electron chi connectivity index (χ0n) is 12.0. The fourth-order valence-electron chi connectivity index (χ4n) is 2.43. The summed E-state index contributed by atoms with van der Waals surface area (Å²) in [5, 5.41) is 8.95. The highest BCUT2D eigenvalue weighted by Gasteiger charge is 2.30. The second-order valence-electron chi connectivity index (χ2n) is 4.90. The third kappa shape index (κ3) is 3.83. The maximum Gasteiger partial charge on any atom is 0.305 e. The fraction of sp³-hybridized carbons (Fsp3) is 0.571. The van der Waals surface area contributed by atoms with Gasteiger partial charge in [0.2, 0.25) is 0 Å². The standard InChI is InChI=1S/C14H20N2O5/c1-20-7-5-15-4-2-3-12(15)14(19)16-6-8-21-10-11(16)9-13(17)18/h2-4,11H,5-10H2,1H3,(H,17,18). The zero-order valence-corrected chi connectivity index (χ0v) is 12.0. The third-order valence-corrected chi connectivity index (χ3v) is 3.48. The summed E-state index contributed by atoms with van der Waals surface area (Å²) >= 11 is 0. The number of aromatic nitrogens is 1. The van der Waals surface area contributed by atoms with E-state index in [4.69, 9.17) is 14.6 Å². The largest absolute Gasteiger partial charge is 0.481 e. The van der Waals surface area contributed by atoms with E-state index in [0.29, 0.717) is 32.0 Å². The molecule has 7 nitrogen and oxygen atoms in total. The number of amides is 1. The van der Waals surface area contributed by atoms with Gasteiger partial charge in [-0.15, -0.1) is 0 Å². The number of hydrogen-bond donors (Lipinski definition) is 1. The molecular formula is C14H20N2O5. The minimum atomic E-state index is -0.932. The summed E-state index contributed by atoms with van der Waals surface area (Å²) < 4.78 is 12.1. The Labute approximate surface area is 123 Å². The molecule has 1 aromatic heterocycles. The van der Waals surface area contributed by atoms with Crippen LogP contribution in [0.3, 0.4) is 0 Å². The molecule has 2 rings (SSSR count). The van der Waals surface area contributed by atoms with Gasteiger partial charge in [0.15, 0.2) is 0 Å². The summed E-state index contributed by atoms with van der Waals surface area (Å²) in [7, 11) is 1.61. The Kier molecular flexibility index (Phi) is 5.35. The highest BCUT2D eigenvalue weighted by atomic mass is 16.5. The first kappa shape index (κ1) is 15.5. The van der Waals surface area contributed by atoms with Gasteiger partial charge in [0.05, 0.1) is 32.3 Å². The van der Waals surface area contributed by atoms with E-state index in [-0.39, 0.29) is 18.9 Å². The molecule has 1 aliphatic rings. The Morgan fingerprint density at radius 1 is 1.52 bits per heavy atom. The summed E-state index contributed by atoms with van der Waals surface area (Å²) in [5.74, 6) is -1.09. The van der Waals surface area contributed by atoms with Crippen molar-refractivity contribution < 1.29 is 24.2 Å². The topological polar surface area (TPSA) is 81.0 Å². The second-order valence-corrected chi connectivity index (χ2v) is 4.90. The highest BCUT2D eigenvalue weighted by molar-refractivity contribution is 5.93. The van der Waals surface area contributed by atoms with E-state index in [2.05, 4.69) is 0 Å². The highest BCUT2D eigenvalue weighted by Crippen LogP contribution is 2.16. The monoisotopic (exact) mass is 296 g/mol. The molecule has 1 saturated heterocycles. The maximum absolute atomic E-state index is 12.7. The Hall–Kier alpha value is -1.86. The normalized spacial score (nSPS) is 18.7. The third-order valence-electron chi connectivity index (χ3n) is 3.48. The van der Waals surface area contributed by atoms with Crippen molar-refractivity contribution in [1.29, 1.82) is 0 Å². The molecule has 1 atom stereocenters. The van der Waals surface area contributed by atoms with Crippen LogP contribution in [0.5, 0.6) is 0 Å². The van der Waals surface area contributed by atoms with E-state index in [9.17, 15) is 9.59 Å². The van der Waals surface area contributed by atoms with E-state index >= 15 is 0 Å². The molecule has 1 unspecified atom stereocenters. The van der Waals surface area contributed by atoms with Gasteiger partial charge in [-0.25, -0.2) is 0 Å². The molecule has 1 aromatic rings. The molecule has 1 aliphatic heterocycles. The van der Waals surface area contributed by atoms with Crippen molar-refractivity contribution in [3.05, 3.63) is 24.0 Å². The first-order valence-electron chi connectivity index (χ1n) is 6.88. The molecule has 0 saturated carbocycles. The van der Waals surface area contributed by atoms with Gasteiger partial charge in [-0.3, -0.25) is 9.59 Å². The number of aliphatic carboxylic acids is 1. The quantitative estimate of drug-likeness (QED) is 0.824. The number of nitrogens with zero attached hydrogens (tertiary/aromatic N) is 2. The Morgan fingerprint density at radius 2 is 2.33 bits per heavy atom. The van der Waals surface area contributed by atoms with Crippen LogP contribution in [0.1, 0.15) is 16.9 Å². The van der Waals surface area contributed by atoms with Crippen molar-refractivity contribution >= 4 is 11.9 Å². The molecule has 0 radical (unpaired) electrons. The average Bonchev–Trinajstić information content (AvgIpc) is 2.92. The van der Waals surface area contributed by atoms with E-state index in [1.807, 2.05) is 10.8 Å². The van der Waals surface area contributed by atoms with Gasteiger partial charge in [0, 0.05) is 26.4 Å². The predicted molar refractivity (Wildman–Crippen MR) is 74.2 cm³/mol. The molecule has 0 bridgehead atoms. The van der Waals surface area contributed by atoms with Crippen LogP contribution in [-0.2, 0) is 20.8 Å². The molecule has 0 aliphatic carbocycles. The second kappa shape index (κ2) is 7.24. The number of morpholine rings is 1. The fourth-order valence-corrected chi connectivity index (χ4v) is 2.43. The van der Waals surface area contributed by atoms with Crippen molar-refractivity contribution in [3.8, 4) is 0 Å². The van der Waals surface area contributed by atoms with E-state index in [1.165, 1.54) is 0 Å². The number of carbonyl (C=O) groups excluding carboxylic acids is 1. The summed E-state index contributed by atoms with van der Waals surface area (Å²) in [5.41, 5.74) is 0.546. The first-order valence-corrected chi connectivity index (χ1v) is 6.88. The lowest BCUT2D eigenvalue weighted by molar-refractivity contribution is -0.139. The van der Waals surface area contributed by atoms with Crippen LogP contribution in [0.2, 0.25) is 0 Å². The summed E-state index contributed by atoms with van der Waals surface area (Å²) in [6.45, 7) is 2.19. The molecular weight excluding hydrogens is 276 g/mol. The van der Waals surface area contributed by atoms with Gasteiger partial charge in [-0.05, 0) is 12.1 Å². The number of hydrogen-bond acceptors (Lipinski definition) is 4. The van der Waals surface area contributed by atoms with E-state index < -0.39 is 12.0 Å². The van der Waals surface area contributed by atoms with E-state index in [0.717, 1.165) is 0 Å². The van der Waals surface area contributed by atoms with Gasteiger partial charge in [-0.1, -0.05) is 0 Å². The van der Waals surface area contributed by atoms with Crippen molar-refractivity contribution in [3.63, 3.8) is 0 Å². The molecule has 1 fully saturated rings. The predicted octanol–water partition coefficient (Wildman–Crippen LogP) is 0.450. The van der Waals surface area contributed by atoms with Crippen LogP contribution in [-0.4, -0.2) is 66.0 Å². The minimum Gasteiger partial charge on any atom is -0.481 e. The number of carboxylic acid groups (broad SMARTS) is 1. The summed E-state index contributed by atoms with van der Waals surface area (Å²) in [6.07, 6.45) is 1.71. The number of rotatable bonds is 6. The molecule has 2 heterocycles. The van der Waals surface area contributed by atoms with Crippen molar-refractivity contribution in [2.24, 2.45) is 0 Å². The van der Waals surface area contributed by atoms with Crippen LogP contribution in [0.4, 0.5) is 0 Å². The lowest BCUT2D eigenvalue weighted by atomic mass is 10.1. The number of methoxy groups -OCH3 is 1. The van der Waals surface area contributed by atoms with Crippen LogP contribution in [0.15, 0.2) is 18.3 Å². The molecule has 0 spiro atoms. The number of carbonyl (C=O) groups is 2. The lowest BCUT2D eigenvalue weighted by Crippen LogP contribution is -2.50.